The van der Waals surface area contributed by atoms with Gasteiger partial charge in [-0.1, -0.05) is 12.1 Å². The maximum Gasteiger partial charge on any atom is 0.335 e. The van der Waals surface area contributed by atoms with Crippen LogP contribution in [-0.4, -0.2) is 73.6 Å². The molecule has 3 N–H and O–H groups in total. The average molecular weight is 493 g/mol. The van der Waals surface area contributed by atoms with Gasteiger partial charge in [0.25, 0.3) is 0 Å². The molecule has 10 heteroatoms. The van der Waals surface area contributed by atoms with Gasteiger partial charge in [0.2, 0.25) is 0 Å². The number of hydrogen-bond donors (Lipinski definition) is 3. The molecule has 2 aromatic carbocycles. The Morgan fingerprint density at radius 2 is 1.31 bits per heavy atom. The zero-order valence-electron chi connectivity index (χ0n) is 20.2. The number of carbonyl (C=O) groups is 1. The van der Waals surface area contributed by atoms with E-state index in [1.807, 2.05) is 0 Å². The van der Waals surface area contributed by atoms with Crippen LogP contribution in [0.2, 0.25) is 0 Å². The second kappa shape index (κ2) is 11.6. The molecule has 0 bridgehead atoms. The van der Waals surface area contributed by atoms with Crippen molar-refractivity contribution >= 4 is 5.97 Å². The number of benzene rings is 2. The van der Waals surface area contributed by atoms with Crippen LogP contribution in [0, 0.1) is 0 Å². The van der Waals surface area contributed by atoms with E-state index in [2.05, 4.69) is 0 Å². The molecule has 0 saturated heterocycles. The van der Waals surface area contributed by atoms with E-state index in [0.29, 0.717) is 23.0 Å². The molecule has 0 unspecified atom stereocenters. The molecule has 3 rings (SSSR count). The van der Waals surface area contributed by atoms with Crippen LogP contribution >= 0.6 is 0 Å². The van der Waals surface area contributed by atoms with Gasteiger partial charge in [0.15, 0.2) is 28.6 Å². The molecule has 4 atom stereocenters. The topological polar surface area (TPSA) is 133 Å². The van der Waals surface area contributed by atoms with Gasteiger partial charge in [-0.05, 0) is 35.4 Å². The number of aliphatic hydroxyl groups excluding tert-OH is 1. The van der Waals surface area contributed by atoms with Gasteiger partial charge in [0.1, 0.15) is 6.10 Å². The molecule has 2 aromatic rings. The Kier molecular flexibility index (Phi) is 8.79. The molecule has 1 aliphatic rings. The monoisotopic (exact) mass is 492 g/mol. The summed E-state index contributed by atoms with van der Waals surface area (Å²) in [5.74, 6) is 0.742. The van der Waals surface area contributed by atoms with Crippen molar-refractivity contribution in [1.29, 1.82) is 0 Å². The third-order valence-corrected chi connectivity index (χ3v) is 6.03. The molecule has 0 radical (unpaired) electrons. The first kappa shape index (κ1) is 26.6. The van der Waals surface area contributed by atoms with E-state index in [9.17, 15) is 20.1 Å². The molecule has 0 aromatic heterocycles. The number of rotatable bonds is 11. The van der Waals surface area contributed by atoms with E-state index in [0.717, 1.165) is 11.1 Å². The highest BCUT2D eigenvalue weighted by molar-refractivity contribution is 5.77. The van der Waals surface area contributed by atoms with Gasteiger partial charge < -0.3 is 43.7 Å². The first-order chi connectivity index (χ1) is 16.7. The van der Waals surface area contributed by atoms with E-state index in [1.165, 1.54) is 28.4 Å². The summed E-state index contributed by atoms with van der Waals surface area (Å²) >= 11 is 0. The molecular weight excluding hydrogens is 460 g/mol. The van der Waals surface area contributed by atoms with Crippen LogP contribution < -0.4 is 18.9 Å². The fourth-order valence-corrected chi connectivity index (χ4v) is 4.13. The van der Waals surface area contributed by atoms with E-state index in [1.54, 1.807) is 36.4 Å². The minimum atomic E-state index is -2.13. The summed E-state index contributed by atoms with van der Waals surface area (Å²) in [5, 5.41) is 30.9. The van der Waals surface area contributed by atoms with E-state index < -0.39 is 29.9 Å². The minimum Gasteiger partial charge on any atom is -0.493 e. The van der Waals surface area contributed by atoms with Crippen molar-refractivity contribution in [3.8, 4) is 23.0 Å². The van der Waals surface area contributed by atoms with Crippen LogP contribution in [0.5, 0.6) is 23.0 Å². The molecule has 35 heavy (non-hydrogen) atoms. The summed E-state index contributed by atoms with van der Waals surface area (Å²) in [5.41, 5.74) is -0.641. The first-order valence-corrected chi connectivity index (χ1v) is 11.0. The summed E-state index contributed by atoms with van der Waals surface area (Å²) in [6.07, 6.45) is -3.66. The fourth-order valence-electron chi connectivity index (χ4n) is 4.13. The molecule has 0 aliphatic heterocycles. The number of methoxy groups -OCH3 is 4. The molecule has 0 amide bonds. The molecule has 192 valence electrons. The van der Waals surface area contributed by atoms with Crippen molar-refractivity contribution in [2.24, 2.45) is 0 Å². The van der Waals surface area contributed by atoms with Crippen molar-refractivity contribution < 1.29 is 48.5 Å². The number of ether oxygens (including phenoxy) is 6. The van der Waals surface area contributed by atoms with Crippen molar-refractivity contribution in [1.82, 2.24) is 0 Å². The summed E-state index contributed by atoms with van der Waals surface area (Å²) in [6.45, 7) is 0.174. The maximum atomic E-state index is 11.7. The third-order valence-electron chi connectivity index (χ3n) is 6.03. The van der Waals surface area contributed by atoms with Crippen LogP contribution in [0.1, 0.15) is 24.0 Å². The highest BCUT2D eigenvalue weighted by Gasteiger charge is 2.50. The lowest BCUT2D eigenvalue weighted by molar-refractivity contribution is -0.207. The number of carboxylic acids is 1. The highest BCUT2D eigenvalue weighted by Crippen LogP contribution is 2.35. The van der Waals surface area contributed by atoms with E-state index >= 15 is 0 Å². The molecule has 1 aliphatic carbocycles. The van der Waals surface area contributed by atoms with Crippen LogP contribution in [0.25, 0.3) is 0 Å². The van der Waals surface area contributed by atoms with Crippen molar-refractivity contribution in [3.05, 3.63) is 47.5 Å². The Morgan fingerprint density at radius 1 is 0.829 bits per heavy atom. The normalized spacial score (nSPS) is 24.0. The van der Waals surface area contributed by atoms with Gasteiger partial charge in [-0.2, -0.15) is 0 Å². The van der Waals surface area contributed by atoms with Crippen molar-refractivity contribution in [2.45, 2.75) is 50.0 Å². The fraction of sp³-hybridized carbons (Fsp3) is 0.480. The highest BCUT2D eigenvalue weighted by atomic mass is 16.6. The standard InChI is InChI=1S/C25H32O10/c1-30-18-7-5-15(9-20(18)32-3)13-34-22-12-25(29,24(27)28)11-17(26)23(22)35-14-16-6-8-19(31-2)21(10-16)33-4/h5-10,17,22-23,26,29H,11-14H2,1-4H3,(H,27,28)/t17-,22-,23-,25+/m1/s1. The van der Waals surface area contributed by atoms with Gasteiger partial charge in [-0.3, -0.25) is 0 Å². The summed E-state index contributed by atoms with van der Waals surface area (Å²) in [4.78, 5) is 11.7. The lowest BCUT2D eigenvalue weighted by Crippen LogP contribution is -2.57. The second-order valence-electron chi connectivity index (χ2n) is 8.32. The van der Waals surface area contributed by atoms with Crippen LogP contribution in [0.4, 0.5) is 0 Å². The molecule has 0 heterocycles. The predicted molar refractivity (Wildman–Crippen MR) is 124 cm³/mol. The first-order valence-electron chi connectivity index (χ1n) is 11.0. The van der Waals surface area contributed by atoms with Crippen molar-refractivity contribution in [3.63, 3.8) is 0 Å². The average Bonchev–Trinajstić information content (AvgIpc) is 2.86. The molecule has 0 spiro atoms. The van der Waals surface area contributed by atoms with Gasteiger partial charge in [-0.15, -0.1) is 0 Å². The van der Waals surface area contributed by atoms with Gasteiger partial charge in [-0.25, -0.2) is 4.79 Å². The minimum absolute atomic E-state index is 0.0731. The quantitative estimate of drug-likeness (QED) is 0.429. The Balaban J connectivity index is 1.77. The van der Waals surface area contributed by atoms with E-state index in [4.69, 9.17) is 28.4 Å². The molecule has 1 fully saturated rings. The Labute approximate surface area is 203 Å². The second-order valence-corrected chi connectivity index (χ2v) is 8.32. The molecular formula is C25H32O10. The van der Waals surface area contributed by atoms with Gasteiger partial charge >= 0.3 is 5.97 Å². The summed E-state index contributed by atoms with van der Waals surface area (Å²) in [6, 6.07) is 10.5. The third kappa shape index (κ3) is 6.15. The van der Waals surface area contributed by atoms with Crippen LogP contribution in [0.3, 0.4) is 0 Å². The number of aliphatic hydroxyl groups is 2. The largest absolute Gasteiger partial charge is 0.493 e. The zero-order valence-corrected chi connectivity index (χ0v) is 20.2. The summed E-state index contributed by atoms with van der Waals surface area (Å²) < 4.78 is 33.1. The van der Waals surface area contributed by atoms with Crippen LogP contribution in [0.15, 0.2) is 36.4 Å². The Bertz CT molecular complexity index is 1010. The number of hydrogen-bond acceptors (Lipinski definition) is 9. The smallest absolute Gasteiger partial charge is 0.335 e. The van der Waals surface area contributed by atoms with Gasteiger partial charge in [0, 0.05) is 12.8 Å². The zero-order chi connectivity index (χ0) is 25.6. The van der Waals surface area contributed by atoms with E-state index in [-0.39, 0.29) is 26.1 Å². The number of aliphatic carboxylic acids is 1. The lowest BCUT2D eigenvalue weighted by atomic mass is 9.79. The number of carboxylic acid groups (broad SMARTS) is 1. The summed E-state index contributed by atoms with van der Waals surface area (Å²) in [7, 11) is 6.12. The molecule has 10 nitrogen and oxygen atoms in total. The van der Waals surface area contributed by atoms with Crippen molar-refractivity contribution in [2.75, 3.05) is 28.4 Å². The lowest BCUT2D eigenvalue weighted by Gasteiger charge is -2.41. The SMILES string of the molecule is COc1ccc(CO[C@@H]2[C@H](O)C[C@@](O)(C(=O)O)C[C@H]2OCc2ccc(OC)c(OC)c2)cc1OC. The Hall–Kier alpha value is -3.05. The van der Waals surface area contributed by atoms with Gasteiger partial charge in [0.05, 0.1) is 53.9 Å². The predicted octanol–water partition coefficient (Wildman–Crippen LogP) is 2.16. The van der Waals surface area contributed by atoms with Crippen LogP contribution in [-0.2, 0) is 27.5 Å². The molecule has 1 saturated carbocycles. The Morgan fingerprint density at radius 3 is 1.77 bits per heavy atom. The maximum absolute atomic E-state index is 11.7.